The van der Waals surface area contributed by atoms with Crippen LogP contribution in [0.15, 0.2) is 71.6 Å². The molecule has 0 bridgehead atoms. The molecule has 0 heterocycles. The summed E-state index contributed by atoms with van der Waals surface area (Å²) in [4.78, 5) is 13.1. The Kier molecular flexibility index (Phi) is 6.65. The van der Waals surface area contributed by atoms with E-state index in [9.17, 15) is 13.2 Å². The molecule has 31 heavy (non-hydrogen) atoms. The summed E-state index contributed by atoms with van der Waals surface area (Å²) in [5.41, 5.74) is 3.69. The van der Waals surface area contributed by atoms with E-state index in [1.807, 2.05) is 32.9 Å². The highest BCUT2D eigenvalue weighted by molar-refractivity contribution is 7.92. The lowest BCUT2D eigenvalue weighted by Gasteiger charge is -2.25. The van der Waals surface area contributed by atoms with Crippen LogP contribution in [0, 0.1) is 20.8 Å². The average molecular weight is 439 g/mol. The summed E-state index contributed by atoms with van der Waals surface area (Å²) in [7, 11) is -2.44. The van der Waals surface area contributed by atoms with Crippen LogP contribution >= 0.6 is 0 Å². The molecule has 1 amide bonds. The number of amides is 1. The largest absolute Gasteiger partial charge is 0.495 e. The molecule has 3 aromatic carbocycles. The van der Waals surface area contributed by atoms with Crippen LogP contribution in [-0.4, -0.2) is 28.0 Å². The van der Waals surface area contributed by atoms with E-state index in [1.165, 1.54) is 19.2 Å². The Labute approximate surface area is 183 Å². The number of carbonyl (C=O) groups is 1. The molecular weight excluding hydrogens is 412 g/mol. The van der Waals surface area contributed by atoms with Gasteiger partial charge in [0.25, 0.3) is 10.0 Å². The van der Waals surface area contributed by atoms with Crippen molar-refractivity contribution in [2.24, 2.45) is 0 Å². The number of benzene rings is 3. The van der Waals surface area contributed by atoms with Crippen LogP contribution < -0.4 is 14.4 Å². The third-order valence-corrected chi connectivity index (χ3v) is 6.53. The monoisotopic (exact) mass is 438 g/mol. The van der Waals surface area contributed by atoms with Gasteiger partial charge in [0.05, 0.1) is 23.4 Å². The van der Waals surface area contributed by atoms with Gasteiger partial charge >= 0.3 is 0 Å². The molecule has 3 aromatic rings. The van der Waals surface area contributed by atoms with Crippen molar-refractivity contribution in [3.63, 3.8) is 0 Å². The van der Waals surface area contributed by atoms with E-state index in [1.54, 1.807) is 42.5 Å². The molecule has 0 radical (unpaired) electrons. The molecule has 0 aromatic heterocycles. The maximum absolute atomic E-state index is 13.4. The number of anilines is 2. The van der Waals surface area contributed by atoms with Gasteiger partial charge in [-0.25, -0.2) is 8.42 Å². The standard InChI is InChI=1S/C24H26N2O4S/c1-17-10-11-23(30-4)22(15-17)25-24(27)16-26(20-13-18(2)12-19(3)14-20)31(28,29)21-8-6-5-7-9-21/h5-15H,16H2,1-4H3,(H,25,27). The van der Waals surface area contributed by atoms with E-state index in [0.717, 1.165) is 21.0 Å². The van der Waals surface area contributed by atoms with Gasteiger partial charge in [-0.1, -0.05) is 30.3 Å². The van der Waals surface area contributed by atoms with Gasteiger partial charge in [0, 0.05) is 0 Å². The van der Waals surface area contributed by atoms with Gasteiger partial charge in [-0.05, 0) is 73.9 Å². The lowest BCUT2D eigenvalue weighted by Crippen LogP contribution is -2.38. The Bertz CT molecular complexity index is 1170. The first-order valence-corrected chi connectivity index (χ1v) is 11.3. The molecule has 0 fully saturated rings. The van der Waals surface area contributed by atoms with Crippen LogP contribution in [0.25, 0.3) is 0 Å². The predicted molar refractivity (Wildman–Crippen MR) is 123 cm³/mol. The van der Waals surface area contributed by atoms with Crippen molar-refractivity contribution in [1.29, 1.82) is 0 Å². The van der Waals surface area contributed by atoms with Crippen LogP contribution in [0.5, 0.6) is 5.75 Å². The molecule has 0 spiro atoms. The molecular formula is C24H26N2O4S. The molecule has 0 atom stereocenters. The number of sulfonamides is 1. The van der Waals surface area contributed by atoms with Crippen LogP contribution in [-0.2, 0) is 14.8 Å². The van der Waals surface area contributed by atoms with E-state index < -0.39 is 15.9 Å². The zero-order valence-corrected chi connectivity index (χ0v) is 18.9. The highest BCUT2D eigenvalue weighted by Crippen LogP contribution is 2.28. The van der Waals surface area contributed by atoms with Gasteiger partial charge in [-0.3, -0.25) is 9.10 Å². The Hall–Kier alpha value is -3.32. The van der Waals surface area contributed by atoms with Gasteiger partial charge in [0.15, 0.2) is 0 Å². The van der Waals surface area contributed by atoms with Crippen molar-refractivity contribution in [1.82, 2.24) is 0 Å². The lowest BCUT2D eigenvalue weighted by atomic mass is 10.1. The number of hydrogen-bond donors (Lipinski definition) is 1. The number of nitrogens with one attached hydrogen (secondary N) is 1. The van der Waals surface area contributed by atoms with Crippen molar-refractivity contribution in [3.8, 4) is 5.75 Å². The molecule has 3 rings (SSSR count). The first-order chi connectivity index (χ1) is 14.7. The van der Waals surface area contributed by atoms with Crippen molar-refractivity contribution in [3.05, 3.63) is 83.4 Å². The molecule has 1 N–H and O–H groups in total. The fraction of sp³-hybridized carbons (Fsp3) is 0.208. The maximum Gasteiger partial charge on any atom is 0.264 e. The van der Waals surface area contributed by atoms with E-state index in [4.69, 9.17) is 4.74 Å². The summed E-state index contributed by atoms with van der Waals surface area (Å²) in [6.07, 6.45) is 0. The average Bonchev–Trinajstić information content (AvgIpc) is 2.72. The summed E-state index contributed by atoms with van der Waals surface area (Å²) >= 11 is 0. The fourth-order valence-electron chi connectivity index (χ4n) is 3.37. The first-order valence-electron chi connectivity index (χ1n) is 9.81. The minimum Gasteiger partial charge on any atom is -0.495 e. The van der Waals surface area contributed by atoms with Gasteiger partial charge in [-0.2, -0.15) is 0 Å². The normalized spacial score (nSPS) is 11.1. The molecule has 0 aliphatic rings. The highest BCUT2D eigenvalue weighted by atomic mass is 32.2. The van der Waals surface area contributed by atoms with Crippen LogP contribution in [0.1, 0.15) is 16.7 Å². The topological polar surface area (TPSA) is 75.7 Å². The molecule has 0 saturated carbocycles. The van der Waals surface area contributed by atoms with Crippen LogP contribution in [0.3, 0.4) is 0 Å². The molecule has 6 nitrogen and oxygen atoms in total. The van der Waals surface area contributed by atoms with Crippen molar-refractivity contribution in [2.45, 2.75) is 25.7 Å². The Balaban J connectivity index is 1.99. The predicted octanol–water partition coefficient (Wildman–Crippen LogP) is 4.45. The highest BCUT2D eigenvalue weighted by Gasteiger charge is 2.27. The van der Waals surface area contributed by atoms with Gasteiger partial charge < -0.3 is 10.1 Å². The second-order valence-electron chi connectivity index (χ2n) is 7.42. The minimum absolute atomic E-state index is 0.120. The maximum atomic E-state index is 13.4. The molecule has 162 valence electrons. The van der Waals surface area contributed by atoms with E-state index >= 15 is 0 Å². The quantitative estimate of drug-likeness (QED) is 0.591. The number of carbonyl (C=O) groups excluding carboxylic acids is 1. The molecule has 0 unspecified atom stereocenters. The number of methoxy groups -OCH3 is 1. The van der Waals surface area contributed by atoms with Crippen molar-refractivity contribution >= 4 is 27.3 Å². The summed E-state index contributed by atoms with van der Waals surface area (Å²) in [6, 6.07) is 19.0. The molecule has 0 saturated heterocycles. The Morgan fingerprint density at radius 3 is 2.16 bits per heavy atom. The fourth-order valence-corrected chi connectivity index (χ4v) is 4.79. The zero-order chi connectivity index (χ0) is 22.6. The number of hydrogen-bond acceptors (Lipinski definition) is 4. The van der Waals surface area contributed by atoms with E-state index in [0.29, 0.717) is 17.1 Å². The number of nitrogens with zero attached hydrogens (tertiary/aromatic N) is 1. The Morgan fingerprint density at radius 2 is 1.55 bits per heavy atom. The minimum atomic E-state index is -3.96. The third-order valence-electron chi connectivity index (χ3n) is 4.74. The second kappa shape index (κ2) is 9.22. The first kappa shape index (κ1) is 22.4. The zero-order valence-electron chi connectivity index (χ0n) is 18.0. The van der Waals surface area contributed by atoms with Gasteiger partial charge in [0.1, 0.15) is 12.3 Å². The third kappa shape index (κ3) is 5.24. The van der Waals surface area contributed by atoms with Crippen molar-refractivity contribution < 1.29 is 17.9 Å². The SMILES string of the molecule is COc1ccc(C)cc1NC(=O)CN(c1cc(C)cc(C)c1)S(=O)(=O)c1ccccc1. The number of ether oxygens (including phenoxy) is 1. The number of rotatable bonds is 7. The Morgan fingerprint density at radius 1 is 0.903 bits per heavy atom. The summed E-state index contributed by atoms with van der Waals surface area (Å²) in [6.45, 7) is 5.30. The molecule has 7 heteroatoms. The summed E-state index contributed by atoms with van der Waals surface area (Å²) in [5, 5.41) is 2.79. The number of aryl methyl sites for hydroxylation is 3. The van der Waals surface area contributed by atoms with E-state index in [2.05, 4.69) is 5.32 Å². The molecule has 0 aliphatic carbocycles. The van der Waals surface area contributed by atoms with Crippen LogP contribution in [0.2, 0.25) is 0 Å². The smallest absolute Gasteiger partial charge is 0.264 e. The van der Waals surface area contributed by atoms with E-state index in [-0.39, 0.29) is 11.4 Å². The molecule has 0 aliphatic heterocycles. The van der Waals surface area contributed by atoms with Crippen LogP contribution in [0.4, 0.5) is 11.4 Å². The second-order valence-corrected chi connectivity index (χ2v) is 9.28. The van der Waals surface area contributed by atoms with Gasteiger partial charge in [0.2, 0.25) is 5.91 Å². The van der Waals surface area contributed by atoms with Crippen molar-refractivity contribution in [2.75, 3.05) is 23.3 Å². The van der Waals surface area contributed by atoms with Gasteiger partial charge in [-0.15, -0.1) is 0 Å². The lowest BCUT2D eigenvalue weighted by molar-refractivity contribution is -0.114. The summed E-state index contributed by atoms with van der Waals surface area (Å²) < 4.78 is 33.3. The summed E-state index contributed by atoms with van der Waals surface area (Å²) in [5.74, 6) is 0.0328.